The number of cyclic esters (lactones) is 1. The lowest BCUT2D eigenvalue weighted by Gasteiger charge is -2.62. The van der Waals surface area contributed by atoms with Crippen LogP contribution in [0.1, 0.15) is 84.5 Å². The highest BCUT2D eigenvalue weighted by atomic mass is 16.7. The smallest absolute Gasteiger partial charge is 0.331 e. The Morgan fingerprint density at radius 2 is 1.70 bits per heavy atom. The van der Waals surface area contributed by atoms with Gasteiger partial charge in [-0.05, 0) is 97.4 Å². The van der Waals surface area contributed by atoms with Crippen LogP contribution in [0.5, 0.6) is 0 Å². The second-order valence-electron chi connectivity index (χ2n) is 14.3. The van der Waals surface area contributed by atoms with Crippen LogP contribution in [-0.2, 0) is 33.5 Å². The summed E-state index contributed by atoms with van der Waals surface area (Å²) in [6, 6.07) is -2.72. The molecular formula is C31H46N4O9. The molecule has 0 aromatic rings. The zero-order valence-corrected chi connectivity index (χ0v) is 25.5. The summed E-state index contributed by atoms with van der Waals surface area (Å²) in [7, 11) is 0. The molecule has 0 saturated heterocycles. The molecule has 8 N–H and O–H groups in total. The first-order chi connectivity index (χ1) is 20.7. The van der Waals surface area contributed by atoms with Crippen LogP contribution in [0.15, 0.2) is 11.6 Å². The second-order valence-corrected chi connectivity index (χ2v) is 14.3. The molecule has 4 saturated carbocycles. The lowest BCUT2D eigenvalue weighted by Crippen LogP contribution is -2.64. The molecular weight excluding hydrogens is 572 g/mol. The number of hydrogen-bond acceptors (Lipinski definition) is 9. The van der Waals surface area contributed by atoms with Crippen LogP contribution in [0.3, 0.4) is 0 Å². The highest BCUT2D eigenvalue weighted by Crippen LogP contribution is 2.68. The molecule has 1 aliphatic heterocycles. The summed E-state index contributed by atoms with van der Waals surface area (Å²) >= 11 is 0. The molecule has 0 aromatic heterocycles. The first-order valence-electron chi connectivity index (χ1n) is 15.8. The average Bonchev–Trinajstić information content (AvgIpc) is 3.54. The van der Waals surface area contributed by atoms with E-state index in [1.165, 1.54) is 0 Å². The Morgan fingerprint density at radius 1 is 0.977 bits per heavy atom. The minimum absolute atomic E-state index is 0.0372. The third-order valence-electron chi connectivity index (χ3n) is 12.0. The number of amides is 2. The molecule has 13 nitrogen and oxygen atoms in total. The fourth-order valence-corrected chi connectivity index (χ4v) is 9.74. The van der Waals surface area contributed by atoms with E-state index in [9.17, 15) is 24.0 Å². The lowest BCUT2D eigenvalue weighted by molar-refractivity contribution is -0.206. The zero-order chi connectivity index (χ0) is 32.0. The van der Waals surface area contributed by atoms with Gasteiger partial charge in [0.25, 0.3) is 0 Å². The lowest BCUT2D eigenvalue weighted by atomic mass is 9.44. The van der Waals surface area contributed by atoms with Crippen molar-refractivity contribution < 1.29 is 43.8 Å². The van der Waals surface area contributed by atoms with Crippen molar-refractivity contribution in [1.29, 1.82) is 0 Å². The Morgan fingerprint density at radius 3 is 2.36 bits per heavy atom. The van der Waals surface area contributed by atoms with Gasteiger partial charge in [0.2, 0.25) is 11.8 Å². The van der Waals surface area contributed by atoms with Crippen molar-refractivity contribution in [2.24, 2.45) is 51.9 Å². The molecule has 13 heteroatoms. The largest absolute Gasteiger partial charge is 0.481 e. The predicted octanol–water partition coefficient (Wildman–Crippen LogP) is 1.59. The van der Waals surface area contributed by atoms with Crippen LogP contribution in [0.25, 0.3) is 0 Å². The first kappa shape index (κ1) is 32.4. The number of esters is 1. The third kappa shape index (κ3) is 5.97. The van der Waals surface area contributed by atoms with Crippen LogP contribution < -0.4 is 22.3 Å². The van der Waals surface area contributed by atoms with Crippen molar-refractivity contribution in [1.82, 2.24) is 10.8 Å². The van der Waals surface area contributed by atoms with Gasteiger partial charge >= 0.3 is 17.9 Å². The van der Waals surface area contributed by atoms with Gasteiger partial charge in [-0.2, -0.15) is 0 Å². The summed E-state index contributed by atoms with van der Waals surface area (Å²) in [5.41, 5.74) is 13.6. The maximum Gasteiger partial charge on any atom is 0.331 e. The van der Waals surface area contributed by atoms with E-state index in [-0.39, 0.29) is 22.7 Å². The maximum absolute atomic E-state index is 13.0. The van der Waals surface area contributed by atoms with E-state index in [2.05, 4.69) is 24.6 Å². The van der Waals surface area contributed by atoms with E-state index in [4.69, 9.17) is 31.3 Å². The van der Waals surface area contributed by atoms with Crippen LogP contribution in [0.2, 0.25) is 0 Å². The van der Waals surface area contributed by atoms with Gasteiger partial charge < -0.3 is 31.7 Å². The number of nitrogens with two attached hydrogens (primary N) is 2. The van der Waals surface area contributed by atoms with E-state index in [1.54, 1.807) is 6.08 Å². The fourth-order valence-electron chi connectivity index (χ4n) is 9.74. The summed E-state index contributed by atoms with van der Waals surface area (Å²) in [5.74, 6) is -2.14. The number of hydrogen-bond donors (Lipinski definition) is 6. The quantitative estimate of drug-likeness (QED) is 0.117. The molecule has 0 unspecified atom stereocenters. The zero-order valence-electron chi connectivity index (χ0n) is 25.5. The summed E-state index contributed by atoms with van der Waals surface area (Å²) < 4.78 is 5.27. The van der Waals surface area contributed by atoms with Gasteiger partial charge in [-0.15, -0.1) is 0 Å². The van der Waals surface area contributed by atoms with E-state index >= 15 is 0 Å². The van der Waals surface area contributed by atoms with E-state index in [0.717, 1.165) is 44.1 Å². The number of carboxylic acids is 2. The second kappa shape index (κ2) is 12.1. The number of rotatable bonds is 10. The first-order valence-corrected chi connectivity index (χ1v) is 15.8. The monoisotopic (exact) mass is 618 g/mol. The van der Waals surface area contributed by atoms with Gasteiger partial charge in [-0.3, -0.25) is 19.2 Å². The summed E-state index contributed by atoms with van der Waals surface area (Å²) in [5, 5.41) is 21.0. The highest BCUT2D eigenvalue weighted by molar-refractivity contribution is 5.87. The molecule has 10 atom stereocenters. The van der Waals surface area contributed by atoms with Gasteiger partial charge in [-0.1, -0.05) is 13.8 Å². The molecule has 4 aliphatic carbocycles. The highest BCUT2D eigenvalue weighted by Gasteiger charge is 2.62. The molecule has 0 spiro atoms. The molecule has 2 amide bonds. The fraction of sp³-hybridized carbons (Fsp3) is 0.774. The van der Waals surface area contributed by atoms with Crippen molar-refractivity contribution >= 4 is 29.7 Å². The Bertz CT molecular complexity index is 1240. The molecule has 244 valence electrons. The van der Waals surface area contributed by atoms with Crippen molar-refractivity contribution in [2.45, 2.75) is 102 Å². The van der Waals surface area contributed by atoms with Gasteiger partial charge in [0, 0.05) is 12.5 Å². The van der Waals surface area contributed by atoms with Crippen molar-refractivity contribution in [3.63, 3.8) is 0 Å². The van der Waals surface area contributed by atoms with Gasteiger partial charge in [-0.25, -0.2) is 15.1 Å². The Labute approximate surface area is 256 Å². The molecule has 5 rings (SSSR count). The molecule has 4 fully saturated rings. The maximum atomic E-state index is 13.0. The normalized spacial score (nSPS) is 39.0. The molecule has 5 aliphatic rings. The number of hydroxylamine groups is 1. The van der Waals surface area contributed by atoms with Crippen LogP contribution in [-0.4, -0.2) is 64.4 Å². The molecule has 0 radical (unpaired) electrons. The number of carboxylic acid groups (broad SMARTS) is 2. The average molecular weight is 619 g/mol. The molecule has 0 aromatic carbocycles. The van der Waals surface area contributed by atoms with E-state index in [1.807, 2.05) is 0 Å². The number of carbonyl (C=O) groups excluding carboxylic acids is 3. The number of fused-ring (bicyclic) bond motifs is 5. The van der Waals surface area contributed by atoms with Crippen LogP contribution in [0.4, 0.5) is 0 Å². The van der Waals surface area contributed by atoms with Crippen LogP contribution in [0, 0.1) is 40.4 Å². The van der Waals surface area contributed by atoms with E-state index in [0.29, 0.717) is 49.5 Å². The summed E-state index contributed by atoms with van der Waals surface area (Å²) in [4.78, 5) is 65.6. The Balaban J connectivity index is 1.32. The number of nitrogens with one attached hydrogen (secondary N) is 2. The minimum Gasteiger partial charge on any atom is -0.481 e. The van der Waals surface area contributed by atoms with E-state index < -0.39 is 54.4 Å². The van der Waals surface area contributed by atoms with Crippen molar-refractivity contribution in [2.75, 3.05) is 6.61 Å². The van der Waals surface area contributed by atoms with Gasteiger partial charge in [0.15, 0.2) is 5.72 Å². The summed E-state index contributed by atoms with van der Waals surface area (Å²) in [6.45, 7) is 5.14. The molecule has 44 heavy (non-hydrogen) atoms. The number of aliphatic carboxylic acids is 2. The third-order valence-corrected chi connectivity index (χ3v) is 12.0. The molecule has 1 heterocycles. The predicted molar refractivity (Wildman–Crippen MR) is 155 cm³/mol. The number of carbonyl (C=O) groups is 5. The Hall–Kier alpha value is -3.03. The van der Waals surface area contributed by atoms with Gasteiger partial charge in [0.1, 0.15) is 12.6 Å². The SMILES string of the molecule is C[C@]12CC[C@](NC(=O)[C@@H](N)CC(=O)O)(ONC(=O)C[C@H](N)C(=O)O)C[C@H]1CC[C@@H]1[C@@H]2CC[C@]2(C)[C@@H](C3=CC(=O)OC3)CC[C@@H]12. The Kier molecular flexibility index (Phi) is 8.87. The topological polar surface area (TPSA) is 220 Å². The number of ether oxygens (including phenoxy) is 1. The van der Waals surface area contributed by atoms with Crippen molar-refractivity contribution in [3.8, 4) is 0 Å². The molecule has 0 bridgehead atoms. The minimum atomic E-state index is -1.41. The summed E-state index contributed by atoms with van der Waals surface area (Å²) in [6.07, 6.45) is 8.33. The van der Waals surface area contributed by atoms with Crippen LogP contribution >= 0.6 is 0 Å². The van der Waals surface area contributed by atoms with Crippen molar-refractivity contribution in [3.05, 3.63) is 11.6 Å². The standard InChI is InChI=1S/C31H46N4O9/c1-29-9-10-31(34-27(40)22(32)13-25(37)38,44-35-24(36)12-23(33)28(41)42)14-17(29)3-4-18-20-6-5-19(16-11-26(39)43-15-16)30(20,2)8-7-21(18)29/h11,17-23H,3-10,12-15,32-33H2,1-2H3,(H,34,40)(H,35,36)(H,37,38)(H,41,42)/t17-,18+,19-,20+,21+,22+,23+,29+,30-,31+/m1/s1. The van der Waals surface area contributed by atoms with Gasteiger partial charge in [0.05, 0.1) is 18.9 Å².